The van der Waals surface area contributed by atoms with Gasteiger partial charge in [-0.15, -0.1) is 23.1 Å². The fraction of sp³-hybridized carbons (Fsp3) is 0.171. The summed E-state index contributed by atoms with van der Waals surface area (Å²) < 4.78 is 0. The number of nitrogens with one attached hydrogen (secondary N) is 3. The van der Waals surface area contributed by atoms with Gasteiger partial charge >= 0.3 is 0 Å². The van der Waals surface area contributed by atoms with E-state index in [-0.39, 0.29) is 22.9 Å². The monoisotopic (exact) mass is 756 g/mol. The third kappa shape index (κ3) is 9.28. The maximum Gasteiger partial charge on any atom is 0.276 e. The van der Waals surface area contributed by atoms with Gasteiger partial charge in [0, 0.05) is 46.7 Å². The first-order valence-corrected chi connectivity index (χ1v) is 18.9. The number of rotatable bonds is 13. The molecule has 1 unspecified atom stereocenters. The van der Waals surface area contributed by atoms with E-state index in [0.717, 1.165) is 30.0 Å². The molecule has 2 heterocycles. The lowest BCUT2D eigenvalue weighted by Gasteiger charge is -2.26. The predicted octanol–water partition coefficient (Wildman–Crippen LogP) is 8.01. The molecule has 3 N–H and O–H groups in total. The van der Waals surface area contributed by atoms with Gasteiger partial charge in [-0.05, 0) is 66.4 Å². The van der Waals surface area contributed by atoms with Gasteiger partial charge in [-0.2, -0.15) is 5.26 Å². The number of amides is 3. The van der Waals surface area contributed by atoms with Crippen LogP contribution in [0.2, 0.25) is 0 Å². The number of carbonyl (C=O) groups excluding carboxylic acids is 3. The van der Waals surface area contributed by atoms with Crippen LogP contribution >= 0.6 is 23.1 Å². The quantitative estimate of drug-likeness (QED) is 0.0472. The van der Waals surface area contributed by atoms with Gasteiger partial charge in [0.05, 0.1) is 21.3 Å². The lowest BCUT2D eigenvalue weighted by atomic mass is 10.0. The average Bonchev–Trinajstić information content (AvgIpc) is 3.53. The number of anilines is 2. The molecule has 6 rings (SSSR count). The predicted molar refractivity (Wildman–Crippen MR) is 212 cm³/mol. The van der Waals surface area contributed by atoms with E-state index in [4.69, 9.17) is 0 Å². The molecule has 1 aromatic heterocycles. The first-order chi connectivity index (χ1) is 26.2. The highest BCUT2D eigenvalue weighted by atomic mass is 32.2. The minimum Gasteiger partial charge on any atom is -0.321 e. The molecule has 13 heteroatoms. The average molecular weight is 757 g/mol. The van der Waals surface area contributed by atoms with Gasteiger partial charge in [0.1, 0.15) is 16.8 Å². The van der Waals surface area contributed by atoms with Crippen molar-refractivity contribution in [2.45, 2.75) is 43.0 Å². The van der Waals surface area contributed by atoms with Crippen molar-refractivity contribution in [3.63, 3.8) is 0 Å². The number of nitrogens with zero attached hydrogens (tertiary/aromatic N) is 3. The van der Waals surface area contributed by atoms with Crippen LogP contribution in [0.25, 0.3) is 6.08 Å². The van der Waals surface area contributed by atoms with Crippen molar-refractivity contribution in [1.82, 2.24) is 10.2 Å². The van der Waals surface area contributed by atoms with Crippen LogP contribution in [0.5, 0.6) is 0 Å². The summed E-state index contributed by atoms with van der Waals surface area (Å²) in [7, 11) is 0. The molecule has 1 aliphatic heterocycles. The van der Waals surface area contributed by atoms with Gasteiger partial charge in [0.2, 0.25) is 5.91 Å². The van der Waals surface area contributed by atoms with Crippen LogP contribution in [-0.2, 0) is 29.1 Å². The molecule has 0 saturated carbocycles. The fourth-order valence-electron chi connectivity index (χ4n) is 6.04. The number of fused-ring (bicyclic) bond motifs is 1. The largest absolute Gasteiger partial charge is 0.321 e. The Hall–Kier alpha value is -6.07. The van der Waals surface area contributed by atoms with E-state index in [0.29, 0.717) is 39.7 Å². The number of carbonyl (C=O) groups is 3. The van der Waals surface area contributed by atoms with Gasteiger partial charge in [-0.25, -0.2) is 0 Å². The lowest BCUT2D eigenvalue weighted by molar-refractivity contribution is -0.385. The second kappa shape index (κ2) is 17.6. The molecule has 1 atom stereocenters. The van der Waals surface area contributed by atoms with Crippen molar-refractivity contribution < 1.29 is 19.3 Å². The second-order valence-electron chi connectivity index (χ2n) is 12.4. The summed E-state index contributed by atoms with van der Waals surface area (Å²) in [6.07, 6.45) is 2.50. The first-order valence-electron chi connectivity index (χ1n) is 17.2. The Bertz CT molecular complexity index is 2250. The Morgan fingerprint density at radius 3 is 2.43 bits per heavy atom. The normalized spacial score (nSPS) is 13.2. The van der Waals surface area contributed by atoms with Gasteiger partial charge in [0.15, 0.2) is 0 Å². The van der Waals surface area contributed by atoms with Gasteiger partial charge in [-0.3, -0.25) is 29.4 Å². The SMILES string of the molecule is CCC(Sc1cccc(NC(=O)/C(=C\c2ccccc2[N+](=O)[O-])NC(=O)c2ccccc2)c1)C(=O)Nc1sc2c(c1C#N)CCN(Cc1ccccc1)C2. The van der Waals surface area contributed by atoms with Crippen LogP contribution in [0.1, 0.15) is 50.8 Å². The standard InChI is InChI=1S/C41H36N6O5S2/c1-2-36(40(50)45-41-33(24-42)32-20-21-46(26-37(32)54-41)25-27-12-5-3-6-13-27)53-31-18-11-17-30(23-31)43-39(49)34(44-38(48)28-14-7-4-8-15-28)22-29-16-9-10-19-35(29)47(51)52/h3-19,22-23,36H,2,20-21,25-26H2,1H3,(H,43,49)(H,44,48)(H,45,50)/b34-22+. The van der Waals surface area contributed by atoms with Crippen molar-refractivity contribution in [2.75, 3.05) is 17.2 Å². The molecule has 11 nitrogen and oxygen atoms in total. The molecule has 272 valence electrons. The molecule has 0 saturated heterocycles. The maximum atomic E-state index is 13.7. The molecular formula is C41H36N6O5S2. The van der Waals surface area contributed by atoms with E-state index >= 15 is 0 Å². The van der Waals surface area contributed by atoms with Crippen molar-refractivity contribution >= 4 is 63.3 Å². The third-order valence-electron chi connectivity index (χ3n) is 8.73. The summed E-state index contributed by atoms with van der Waals surface area (Å²) in [6, 6.07) is 33.7. The number of thiophene rings is 1. The number of nitro groups is 1. The van der Waals surface area contributed by atoms with Crippen LogP contribution in [0.15, 0.2) is 120 Å². The smallest absolute Gasteiger partial charge is 0.276 e. The Labute approximate surface area is 320 Å². The van der Waals surface area contributed by atoms with E-state index < -0.39 is 22.0 Å². The van der Waals surface area contributed by atoms with Crippen LogP contribution in [-0.4, -0.2) is 39.3 Å². The van der Waals surface area contributed by atoms with Crippen LogP contribution in [0.4, 0.5) is 16.4 Å². The van der Waals surface area contributed by atoms with E-state index in [1.165, 1.54) is 52.9 Å². The second-order valence-corrected chi connectivity index (χ2v) is 14.8. The Kier molecular flexibility index (Phi) is 12.3. The van der Waals surface area contributed by atoms with Crippen molar-refractivity contribution in [1.29, 1.82) is 5.26 Å². The molecule has 1 aliphatic rings. The van der Waals surface area contributed by atoms with E-state index in [1.807, 2.05) is 31.2 Å². The van der Waals surface area contributed by atoms with Crippen molar-refractivity contribution in [3.05, 3.63) is 158 Å². The molecule has 0 aliphatic carbocycles. The fourth-order valence-corrected chi connectivity index (χ4v) is 8.29. The van der Waals surface area contributed by atoms with Gasteiger partial charge in [0.25, 0.3) is 17.5 Å². The molecule has 54 heavy (non-hydrogen) atoms. The molecule has 0 fully saturated rings. The van der Waals surface area contributed by atoms with E-state index in [9.17, 15) is 29.8 Å². The van der Waals surface area contributed by atoms with Gasteiger partial charge in [-0.1, -0.05) is 73.7 Å². The molecule has 5 aromatic rings. The van der Waals surface area contributed by atoms with Crippen LogP contribution in [0, 0.1) is 21.4 Å². The molecular weight excluding hydrogens is 721 g/mol. The van der Waals surface area contributed by atoms with Gasteiger partial charge < -0.3 is 16.0 Å². The zero-order chi connectivity index (χ0) is 38.0. The number of nitriles is 1. The van der Waals surface area contributed by atoms with Crippen molar-refractivity contribution in [3.8, 4) is 6.07 Å². The van der Waals surface area contributed by atoms with Crippen LogP contribution < -0.4 is 16.0 Å². The first kappa shape index (κ1) is 37.7. The Balaban J connectivity index is 1.15. The zero-order valence-electron chi connectivity index (χ0n) is 29.3. The summed E-state index contributed by atoms with van der Waals surface area (Å²) >= 11 is 2.78. The summed E-state index contributed by atoms with van der Waals surface area (Å²) in [5.74, 6) is -1.49. The molecule has 0 spiro atoms. The highest BCUT2D eigenvalue weighted by Crippen LogP contribution is 2.38. The summed E-state index contributed by atoms with van der Waals surface area (Å²) in [5, 5.41) is 30.3. The molecule has 0 radical (unpaired) electrons. The minimum atomic E-state index is -0.697. The number of benzene rings is 4. The lowest BCUT2D eigenvalue weighted by Crippen LogP contribution is -2.30. The summed E-state index contributed by atoms with van der Waals surface area (Å²) in [5.41, 5.74) is 3.15. The molecule has 0 bridgehead atoms. The van der Waals surface area contributed by atoms with E-state index in [2.05, 4.69) is 39.1 Å². The maximum absolute atomic E-state index is 13.7. The highest BCUT2D eigenvalue weighted by molar-refractivity contribution is 8.00. The summed E-state index contributed by atoms with van der Waals surface area (Å²) in [4.78, 5) is 55.7. The van der Waals surface area contributed by atoms with Crippen molar-refractivity contribution in [2.24, 2.45) is 0 Å². The number of hydrogen-bond acceptors (Lipinski definition) is 9. The number of thioether (sulfide) groups is 1. The molecule has 3 amide bonds. The van der Waals surface area contributed by atoms with E-state index in [1.54, 1.807) is 54.6 Å². The zero-order valence-corrected chi connectivity index (χ0v) is 30.9. The highest BCUT2D eigenvalue weighted by Gasteiger charge is 2.27. The number of hydrogen-bond donors (Lipinski definition) is 3. The number of para-hydroxylation sites is 1. The topological polar surface area (TPSA) is 157 Å². The summed E-state index contributed by atoms with van der Waals surface area (Å²) in [6.45, 7) is 4.25. The number of nitro benzene ring substituents is 1. The minimum absolute atomic E-state index is 0.137. The Morgan fingerprint density at radius 2 is 1.70 bits per heavy atom. The molecule has 4 aromatic carbocycles. The Morgan fingerprint density at radius 1 is 0.981 bits per heavy atom. The van der Waals surface area contributed by atoms with Crippen LogP contribution in [0.3, 0.4) is 0 Å². The third-order valence-corrected chi connectivity index (χ3v) is 11.2.